The van der Waals surface area contributed by atoms with Crippen molar-refractivity contribution in [1.82, 2.24) is 9.78 Å². The summed E-state index contributed by atoms with van der Waals surface area (Å²) >= 11 is 0. The van der Waals surface area contributed by atoms with E-state index in [0.717, 1.165) is 28.4 Å². The van der Waals surface area contributed by atoms with Gasteiger partial charge in [-0.2, -0.15) is 5.10 Å². The van der Waals surface area contributed by atoms with Crippen molar-refractivity contribution in [2.24, 2.45) is 5.73 Å². The lowest BCUT2D eigenvalue weighted by Gasteiger charge is -2.12. The summed E-state index contributed by atoms with van der Waals surface area (Å²) in [6.45, 7) is 6.64. The minimum atomic E-state index is 0.483. The van der Waals surface area contributed by atoms with Crippen LogP contribution in [0.3, 0.4) is 0 Å². The number of ether oxygens (including phenoxy) is 1. The van der Waals surface area contributed by atoms with Crippen molar-refractivity contribution in [1.29, 1.82) is 0 Å². The number of nitrogens with zero attached hydrogens (tertiary/aromatic N) is 2. The van der Waals surface area contributed by atoms with E-state index >= 15 is 0 Å². The van der Waals surface area contributed by atoms with E-state index in [1.165, 1.54) is 5.56 Å². The second kappa shape index (κ2) is 4.82. The molecule has 0 radical (unpaired) electrons. The van der Waals surface area contributed by atoms with Gasteiger partial charge in [-0.05, 0) is 38.0 Å². The first-order valence-corrected chi connectivity index (χ1v) is 5.98. The van der Waals surface area contributed by atoms with Crippen LogP contribution in [0.5, 0.6) is 5.75 Å². The molecule has 2 N–H and O–H groups in total. The summed E-state index contributed by atoms with van der Waals surface area (Å²) < 4.78 is 7.21. The first-order chi connectivity index (χ1) is 8.58. The van der Waals surface area contributed by atoms with Gasteiger partial charge in [-0.3, -0.25) is 0 Å². The Morgan fingerprint density at radius 2 is 2.00 bits per heavy atom. The van der Waals surface area contributed by atoms with Crippen molar-refractivity contribution in [3.05, 3.63) is 40.7 Å². The third-order valence-corrected chi connectivity index (χ3v) is 3.39. The molecule has 4 heteroatoms. The zero-order valence-corrected chi connectivity index (χ0v) is 11.3. The van der Waals surface area contributed by atoms with Crippen LogP contribution in [0.25, 0.3) is 5.69 Å². The van der Waals surface area contributed by atoms with Gasteiger partial charge in [-0.1, -0.05) is 6.07 Å². The largest absolute Gasteiger partial charge is 0.497 e. The van der Waals surface area contributed by atoms with Crippen molar-refractivity contribution < 1.29 is 4.74 Å². The van der Waals surface area contributed by atoms with Gasteiger partial charge in [0.25, 0.3) is 0 Å². The summed E-state index contributed by atoms with van der Waals surface area (Å²) in [5.41, 5.74) is 11.2. The van der Waals surface area contributed by atoms with E-state index < -0.39 is 0 Å². The molecule has 18 heavy (non-hydrogen) atoms. The molecule has 4 nitrogen and oxygen atoms in total. The number of hydrogen-bond donors (Lipinski definition) is 1. The Hall–Kier alpha value is -1.81. The summed E-state index contributed by atoms with van der Waals surface area (Å²) in [4.78, 5) is 0. The number of aryl methyl sites for hydroxylation is 1. The highest BCUT2D eigenvalue weighted by atomic mass is 16.5. The minimum Gasteiger partial charge on any atom is -0.497 e. The van der Waals surface area contributed by atoms with Gasteiger partial charge < -0.3 is 10.5 Å². The summed E-state index contributed by atoms with van der Waals surface area (Å²) in [5, 5.41) is 4.57. The summed E-state index contributed by atoms with van der Waals surface area (Å²) in [5.74, 6) is 0.812. The Morgan fingerprint density at radius 1 is 1.28 bits per heavy atom. The van der Waals surface area contributed by atoms with E-state index in [-0.39, 0.29) is 0 Å². The number of methoxy groups -OCH3 is 1. The maximum absolute atomic E-state index is 5.79. The molecular formula is C14H19N3O. The van der Waals surface area contributed by atoms with Crippen molar-refractivity contribution in [2.45, 2.75) is 27.3 Å². The quantitative estimate of drug-likeness (QED) is 0.902. The normalized spacial score (nSPS) is 10.7. The van der Waals surface area contributed by atoms with Gasteiger partial charge >= 0.3 is 0 Å². The lowest BCUT2D eigenvalue weighted by atomic mass is 10.1. The first kappa shape index (κ1) is 12.6. The van der Waals surface area contributed by atoms with E-state index in [1.54, 1.807) is 7.11 Å². The molecule has 1 aromatic carbocycles. The van der Waals surface area contributed by atoms with Crippen LogP contribution < -0.4 is 10.5 Å². The van der Waals surface area contributed by atoms with Crippen LogP contribution in [0, 0.1) is 20.8 Å². The molecule has 0 aliphatic heterocycles. The van der Waals surface area contributed by atoms with Gasteiger partial charge in [-0.15, -0.1) is 0 Å². The van der Waals surface area contributed by atoms with Gasteiger partial charge in [0.05, 0.1) is 18.5 Å². The summed E-state index contributed by atoms with van der Waals surface area (Å²) in [6.07, 6.45) is 0. The first-order valence-electron chi connectivity index (χ1n) is 5.98. The highest BCUT2D eigenvalue weighted by molar-refractivity contribution is 5.48. The summed E-state index contributed by atoms with van der Waals surface area (Å²) in [6, 6.07) is 5.88. The van der Waals surface area contributed by atoms with Crippen LogP contribution in [-0.4, -0.2) is 16.9 Å². The van der Waals surface area contributed by atoms with E-state index in [0.29, 0.717) is 6.54 Å². The van der Waals surface area contributed by atoms with Crippen LogP contribution in [0.15, 0.2) is 18.2 Å². The number of hydrogen-bond acceptors (Lipinski definition) is 3. The zero-order valence-electron chi connectivity index (χ0n) is 11.3. The molecule has 0 saturated carbocycles. The average Bonchev–Trinajstić information content (AvgIpc) is 2.65. The molecule has 0 unspecified atom stereocenters. The van der Waals surface area contributed by atoms with E-state index in [2.05, 4.69) is 18.9 Å². The molecule has 0 atom stereocenters. The molecule has 0 aliphatic carbocycles. The van der Waals surface area contributed by atoms with Crippen LogP contribution in [0.4, 0.5) is 0 Å². The Balaban J connectivity index is 2.64. The molecule has 0 aliphatic rings. The molecule has 1 heterocycles. The molecule has 96 valence electrons. The Bertz CT molecular complexity index is 573. The van der Waals surface area contributed by atoms with Crippen molar-refractivity contribution in [2.75, 3.05) is 7.11 Å². The number of nitrogens with two attached hydrogens (primary N) is 1. The highest BCUT2D eigenvalue weighted by Crippen LogP contribution is 2.24. The van der Waals surface area contributed by atoms with Gasteiger partial charge in [-0.25, -0.2) is 4.68 Å². The molecule has 0 amide bonds. The predicted molar refractivity (Wildman–Crippen MR) is 72.2 cm³/mol. The van der Waals surface area contributed by atoms with Gasteiger partial charge in [0.1, 0.15) is 5.75 Å². The van der Waals surface area contributed by atoms with Crippen molar-refractivity contribution in [3.8, 4) is 11.4 Å². The molecule has 2 aromatic rings. The van der Waals surface area contributed by atoms with Crippen LogP contribution in [-0.2, 0) is 6.54 Å². The van der Waals surface area contributed by atoms with Crippen LogP contribution in [0.2, 0.25) is 0 Å². The Morgan fingerprint density at radius 3 is 2.50 bits per heavy atom. The van der Waals surface area contributed by atoms with Crippen molar-refractivity contribution in [3.63, 3.8) is 0 Å². The average molecular weight is 245 g/mol. The second-order valence-corrected chi connectivity index (χ2v) is 4.41. The molecule has 0 bridgehead atoms. The van der Waals surface area contributed by atoms with E-state index in [9.17, 15) is 0 Å². The topological polar surface area (TPSA) is 53.1 Å². The van der Waals surface area contributed by atoms with E-state index in [1.807, 2.05) is 29.8 Å². The molecule has 0 spiro atoms. The lowest BCUT2D eigenvalue weighted by molar-refractivity contribution is 0.414. The van der Waals surface area contributed by atoms with Crippen LogP contribution >= 0.6 is 0 Å². The number of rotatable bonds is 3. The molecule has 0 saturated heterocycles. The SMILES string of the molecule is COc1ccc(CN)c(-n2nc(C)c(C)c2C)c1. The molecular weight excluding hydrogens is 226 g/mol. The maximum atomic E-state index is 5.79. The molecule has 2 rings (SSSR count). The summed E-state index contributed by atoms with van der Waals surface area (Å²) in [7, 11) is 1.66. The lowest BCUT2D eigenvalue weighted by Crippen LogP contribution is -2.07. The fraction of sp³-hybridized carbons (Fsp3) is 0.357. The fourth-order valence-corrected chi connectivity index (χ4v) is 2.00. The van der Waals surface area contributed by atoms with Gasteiger partial charge in [0, 0.05) is 18.3 Å². The van der Waals surface area contributed by atoms with Crippen molar-refractivity contribution >= 4 is 0 Å². The third kappa shape index (κ3) is 1.99. The Kier molecular flexibility index (Phi) is 3.39. The second-order valence-electron chi connectivity index (χ2n) is 4.41. The van der Waals surface area contributed by atoms with Gasteiger partial charge in [0.15, 0.2) is 0 Å². The monoisotopic (exact) mass is 245 g/mol. The standard InChI is InChI=1S/C14H19N3O/c1-9-10(2)16-17(11(9)3)14-7-13(18-4)6-5-12(14)8-15/h5-7H,8,15H2,1-4H3. The minimum absolute atomic E-state index is 0.483. The number of benzene rings is 1. The molecule has 0 fully saturated rings. The Labute approximate surface area is 107 Å². The van der Waals surface area contributed by atoms with Gasteiger partial charge in [0.2, 0.25) is 0 Å². The fourth-order valence-electron chi connectivity index (χ4n) is 2.00. The van der Waals surface area contributed by atoms with Crippen LogP contribution in [0.1, 0.15) is 22.5 Å². The maximum Gasteiger partial charge on any atom is 0.121 e. The third-order valence-electron chi connectivity index (χ3n) is 3.39. The number of aromatic nitrogens is 2. The molecule has 1 aromatic heterocycles. The zero-order chi connectivity index (χ0) is 13.3. The predicted octanol–water partition coefficient (Wildman–Crippen LogP) is 2.26. The smallest absolute Gasteiger partial charge is 0.121 e. The van der Waals surface area contributed by atoms with E-state index in [4.69, 9.17) is 10.5 Å². The highest BCUT2D eigenvalue weighted by Gasteiger charge is 2.12.